The largest absolute Gasteiger partial charge is 0.307 e. The minimum Gasteiger partial charge on any atom is -0.307 e. The van der Waals surface area contributed by atoms with Gasteiger partial charge in [-0.1, -0.05) is 6.92 Å². The topological polar surface area (TPSA) is 3.24 Å². The van der Waals surface area contributed by atoms with E-state index in [1.54, 1.807) is 0 Å². The maximum atomic E-state index is 2.22. The van der Waals surface area contributed by atoms with Gasteiger partial charge >= 0.3 is 0 Å². The Hall–Kier alpha value is 1.42. The highest BCUT2D eigenvalue weighted by molar-refractivity contribution is 15.0. The van der Waals surface area contributed by atoms with Gasteiger partial charge in [0.25, 0.3) is 0 Å². The zero-order valence-electron chi connectivity index (χ0n) is 6.49. The molecule has 0 amide bonds. The molecule has 0 bridgehead atoms. The first-order valence-corrected chi connectivity index (χ1v) is 9.27. The van der Waals surface area contributed by atoms with Crippen molar-refractivity contribution in [2.75, 3.05) is 14.1 Å². The molecular weight excluding hydrogens is 340 g/mol. The third-order valence-electron chi connectivity index (χ3n) is 1.47. The second-order valence-corrected chi connectivity index (χ2v) is 2.22. The van der Waals surface area contributed by atoms with Crippen molar-refractivity contribution in [2.45, 2.75) is 26.3 Å². The minimum atomic E-state index is 0.736. The zero-order chi connectivity index (χ0) is 7.86. The molecule has 58 valence electrons. The molecule has 0 aromatic rings. The summed E-state index contributed by atoms with van der Waals surface area (Å²) in [6, 6.07) is 0.736. The van der Waals surface area contributed by atoms with E-state index >= 15 is 0 Å². The average molecular weight is 355 g/mol. The molecule has 0 N–H and O–H groups in total. The normalized spacial score (nSPS) is 12.3. The third kappa shape index (κ3) is 9.42. The van der Waals surface area contributed by atoms with Crippen LogP contribution in [-0.2, 0) is 0 Å². The number of halogens is 2. The summed E-state index contributed by atoms with van der Waals surface area (Å²) in [5.41, 5.74) is 0. The fraction of sp³-hybridized carbons (Fsp3) is 1.00. The summed E-state index contributed by atoms with van der Waals surface area (Å²) in [6.45, 7) is 4.42. The Morgan fingerprint density at radius 2 is 1.67 bits per heavy atom. The second kappa shape index (κ2) is 9.42. The van der Waals surface area contributed by atoms with E-state index in [2.05, 4.69) is 70.1 Å². The van der Waals surface area contributed by atoms with Crippen LogP contribution in [-0.4, -0.2) is 25.0 Å². The lowest BCUT2D eigenvalue weighted by atomic mass is 10.2. The highest BCUT2D eigenvalue weighted by atomic mass is 128. The van der Waals surface area contributed by atoms with Gasteiger partial charge in [-0.25, -0.2) is 0 Å². The standard InChI is InChI=1S/C6H15N.I2/c1-5-6(2)7(3)4;1-2/h6H,5H2,1-4H3;/t6-;/m0./s1. The molecular formula is C6H15I2N. The van der Waals surface area contributed by atoms with Crippen LogP contribution in [0.5, 0.6) is 0 Å². The monoisotopic (exact) mass is 355 g/mol. The molecule has 0 aliphatic carbocycles. The summed E-state index contributed by atoms with van der Waals surface area (Å²) in [5.74, 6) is 0. The van der Waals surface area contributed by atoms with Crippen LogP contribution in [0.15, 0.2) is 0 Å². The zero-order valence-corrected chi connectivity index (χ0v) is 10.8. The first kappa shape index (κ1) is 13.0. The SMILES string of the molecule is CC[C@H](C)N(C)C.II. The van der Waals surface area contributed by atoms with E-state index in [-0.39, 0.29) is 0 Å². The fourth-order valence-corrected chi connectivity index (χ4v) is 0.365. The van der Waals surface area contributed by atoms with Crippen LogP contribution < -0.4 is 0 Å². The number of hydrogen-bond donors (Lipinski definition) is 0. The second-order valence-electron chi connectivity index (χ2n) is 2.22. The lowest BCUT2D eigenvalue weighted by Crippen LogP contribution is -2.23. The van der Waals surface area contributed by atoms with Crippen LogP contribution in [0.3, 0.4) is 0 Å². The van der Waals surface area contributed by atoms with E-state index in [9.17, 15) is 0 Å². The first-order chi connectivity index (χ1) is 4.18. The molecule has 0 aromatic carbocycles. The van der Waals surface area contributed by atoms with Gasteiger partial charge in [0.2, 0.25) is 0 Å². The number of hydrogen-bond acceptors (Lipinski definition) is 1. The molecule has 0 aliphatic rings. The van der Waals surface area contributed by atoms with E-state index in [1.165, 1.54) is 6.42 Å². The molecule has 1 atom stereocenters. The van der Waals surface area contributed by atoms with E-state index < -0.39 is 0 Å². The summed E-state index contributed by atoms with van der Waals surface area (Å²) in [7, 11) is 4.21. The lowest BCUT2D eigenvalue weighted by Gasteiger charge is -2.16. The molecule has 1 nitrogen and oxygen atoms in total. The van der Waals surface area contributed by atoms with Gasteiger partial charge in [0.05, 0.1) is 0 Å². The smallest absolute Gasteiger partial charge is 0.00582 e. The number of rotatable bonds is 2. The highest BCUT2D eigenvalue weighted by Crippen LogP contribution is 1.93. The van der Waals surface area contributed by atoms with Crippen molar-refractivity contribution >= 4 is 37.2 Å². The molecule has 0 saturated carbocycles. The summed E-state index contributed by atoms with van der Waals surface area (Å²) in [4.78, 5) is 2.22. The van der Waals surface area contributed by atoms with Gasteiger partial charge in [0.15, 0.2) is 0 Å². The van der Waals surface area contributed by atoms with Crippen LogP contribution in [0.4, 0.5) is 0 Å². The molecule has 0 unspecified atom stereocenters. The van der Waals surface area contributed by atoms with Gasteiger partial charge in [-0.15, -0.1) is 0 Å². The molecule has 0 rings (SSSR count). The number of nitrogens with zero attached hydrogens (tertiary/aromatic N) is 1. The molecule has 0 radical (unpaired) electrons. The Labute approximate surface area is 81.9 Å². The molecule has 9 heavy (non-hydrogen) atoms. The molecule has 0 fully saturated rings. The van der Waals surface area contributed by atoms with E-state index in [1.807, 2.05) is 0 Å². The van der Waals surface area contributed by atoms with E-state index in [0.29, 0.717) is 0 Å². The summed E-state index contributed by atoms with van der Waals surface area (Å²) in [6.07, 6.45) is 1.24. The summed E-state index contributed by atoms with van der Waals surface area (Å²) in [5, 5.41) is 0. The van der Waals surface area contributed by atoms with E-state index in [4.69, 9.17) is 0 Å². The third-order valence-corrected chi connectivity index (χ3v) is 1.47. The predicted octanol–water partition coefficient (Wildman–Crippen LogP) is 3.12. The Morgan fingerprint density at radius 3 is 1.67 bits per heavy atom. The Kier molecular flexibility index (Phi) is 13.7. The molecule has 0 saturated heterocycles. The van der Waals surface area contributed by atoms with Gasteiger partial charge < -0.3 is 4.90 Å². The van der Waals surface area contributed by atoms with Crippen molar-refractivity contribution in [3.63, 3.8) is 0 Å². The van der Waals surface area contributed by atoms with Gasteiger partial charge in [-0.3, -0.25) is 0 Å². The molecule has 3 heteroatoms. The van der Waals surface area contributed by atoms with E-state index in [0.717, 1.165) is 6.04 Å². The maximum absolute atomic E-state index is 2.22. The quantitative estimate of drug-likeness (QED) is 0.689. The van der Waals surface area contributed by atoms with Crippen molar-refractivity contribution in [2.24, 2.45) is 0 Å². The van der Waals surface area contributed by atoms with Gasteiger partial charge in [0.1, 0.15) is 0 Å². The predicted molar refractivity (Wildman–Crippen MR) is 61.5 cm³/mol. The van der Waals surface area contributed by atoms with Crippen molar-refractivity contribution < 1.29 is 0 Å². The molecule has 0 heterocycles. The molecule has 0 spiro atoms. The van der Waals surface area contributed by atoms with Crippen molar-refractivity contribution in [1.82, 2.24) is 4.90 Å². The van der Waals surface area contributed by atoms with Crippen molar-refractivity contribution in [1.29, 1.82) is 0 Å². The summed E-state index contributed by atoms with van der Waals surface area (Å²) >= 11 is 4.24. The molecule has 0 aliphatic heterocycles. The van der Waals surface area contributed by atoms with Crippen LogP contribution >= 0.6 is 37.2 Å². The minimum absolute atomic E-state index is 0.736. The Balaban J connectivity index is 0. The maximum Gasteiger partial charge on any atom is 0.00582 e. The van der Waals surface area contributed by atoms with Crippen LogP contribution in [0.1, 0.15) is 20.3 Å². The first-order valence-electron chi connectivity index (χ1n) is 2.99. The molecule has 0 aromatic heterocycles. The summed E-state index contributed by atoms with van der Waals surface area (Å²) < 4.78 is 0. The fourth-order valence-electron chi connectivity index (χ4n) is 0.365. The van der Waals surface area contributed by atoms with Gasteiger partial charge in [-0.05, 0) is 27.4 Å². The van der Waals surface area contributed by atoms with Crippen molar-refractivity contribution in [3.8, 4) is 0 Å². The average Bonchev–Trinajstić information content (AvgIpc) is 1.91. The van der Waals surface area contributed by atoms with Crippen molar-refractivity contribution in [3.05, 3.63) is 0 Å². The van der Waals surface area contributed by atoms with Crippen LogP contribution in [0.2, 0.25) is 0 Å². The Morgan fingerprint density at radius 1 is 1.33 bits per heavy atom. The lowest BCUT2D eigenvalue weighted by molar-refractivity contribution is 0.307. The van der Waals surface area contributed by atoms with Crippen LogP contribution in [0.25, 0.3) is 0 Å². The van der Waals surface area contributed by atoms with Gasteiger partial charge in [0, 0.05) is 43.3 Å². The highest BCUT2D eigenvalue weighted by Gasteiger charge is 1.96. The van der Waals surface area contributed by atoms with Crippen LogP contribution in [0, 0.1) is 0 Å². The van der Waals surface area contributed by atoms with Gasteiger partial charge in [-0.2, -0.15) is 0 Å². The Bertz CT molecular complexity index is 48.3.